The fraction of sp³-hybridized carbons (Fsp3) is 0.286. The van der Waals surface area contributed by atoms with Crippen LogP contribution >= 0.6 is 0 Å². The zero-order chi connectivity index (χ0) is 13.0. The number of aryl methyl sites for hydroxylation is 1. The highest BCUT2D eigenvalue weighted by atomic mass is 19.1. The van der Waals surface area contributed by atoms with Gasteiger partial charge in [-0.15, -0.1) is 0 Å². The smallest absolute Gasteiger partial charge is 0.123 e. The Bertz CT molecular complexity index is 448. The van der Waals surface area contributed by atoms with E-state index >= 15 is 0 Å². The van der Waals surface area contributed by atoms with Crippen LogP contribution in [-0.2, 0) is 0 Å². The third kappa shape index (κ3) is 2.90. The Hall–Kier alpha value is -1.81. The minimum atomic E-state index is -0.232. The minimum Gasteiger partial charge on any atom is -0.305 e. The van der Waals surface area contributed by atoms with Crippen LogP contribution in [0.1, 0.15) is 29.9 Å². The molecule has 0 spiro atoms. The third-order valence-corrected chi connectivity index (χ3v) is 2.71. The molecule has 3 nitrogen and oxygen atoms in total. The van der Waals surface area contributed by atoms with Crippen molar-refractivity contribution in [2.24, 2.45) is 0 Å². The summed E-state index contributed by atoms with van der Waals surface area (Å²) in [6, 6.07) is 6.40. The number of nitrogens with one attached hydrogen (secondary N) is 1. The summed E-state index contributed by atoms with van der Waals surface area (Å²) in [5, 5.41) is 3.33. The monoisotopic (exact) mass is 245 g/mol. The lowest BCUT2D eigenvalue weighted by Gasteiger charge is -2.17. The number of hydrogen-bond acceptors (Lipinski definition) is 3. The Labute approximate surface area is 106 Å². The van der Waals surface area contributed by atoms with Gasteiger partial charge in [0.2, 0.25) is 0 Å². The Kier molecular flexibility index (Phi) is 3.99. The topological polar surface area (TPSA) is 37.8 Å². The summed E-state index contributed by atoms with van der Waals surface area (Å²) in [7, 11) is 0. The molecule has 1 aromatic heterocycles. The van der Waals surface area contributed by atoms with Crippen molar-refractivity contribution in [1.29, 1.82) is 0 Å². The Balaban J connectivity index is 2.33. The van der Waals surface area contributed by atoms with Crippen molar-refractivity contribution in [3.8, 4) is 0 Å². The summed E-state index contributed by atoms with van der Waals surface area (Å²) in [5.74, 6) is -0.232. The summed E-state index contributed by atoms with van der Waals surface area (Å²) in [6.07, 6.45) is 3.50. The first-order chi connectivity index (χ1) is 8.70. The zero-order valence-electron chi connectivity index (χ0n) is 10.5. The molecule has 1 N–H and O–H groups in total. The van der Waals surface area contributed by atoms with Gasteiger partial charge in [0.25, 0.3) is 0 Å². The van der Waals surface area contributed by atoms with E-state index < -0.39 is 0 Å². The fourth-order valence-corrected chi connectivity index (χ4v) is 1.80. The highest BCUT2D eigenvalue weighted by molar-refractivity contribution is 5.27. The van der Waals surface area contributed by atoms with E-state index in [4.69, 9.17) is 0 Å². The molecule has 4 heteroatoms. The molecule has 0 radical (unpaired) electrons. The van der Waals surface area contributed by atoms with Gasteiger partial charge in [0.15, 0.2) is 0 Å². The van der Waals surface area contributed by atoms with Crippen molar-refractivity contribution in [2.45, 2.75) is 19.9 Å². The highest BCUT2D eigenvalue weighted by Gasteiger charge is 2.14. The summed E-state index contributed by atoms with van der Waals surface area (Å²) >= 11 is 0. The van der Waals surface area contributed by atoms with Crippen LogP contribution in [0.3, 0.4) is 0 Å². The van der Waals surface area contributed by atoms with Gasteiger partial charge in [0.05, 0.1) is 23.6 Å². The molecular weight excluding hydrogens is 229 g/mol. The summed E-state index contributed by atoms with van der Waals surface area (Å²) in [6.45, 7) is 4.73. The maximum absolute atomic E-state index is 12.9. The SMILES string of the molecule is CCNC(c1ccc(F)cc1)c1cnc(C)cn1. The van der Waals surface area contributed by atoms with Crippen LogP contribution in [0.25, 0.3) is 0 Å². The number of nitrogens with zero attached hydrogens (tertiary/aromatic N) is 2. The molecule has 0 saturated carbocycles. The van der Waals surface area contributed by atoms with Crippen molar-refractivity contribution >= 4 is 0 Å². The predicted molar refractivity (Wildman–Crippen MR) is 68.7 cm³/mol. The van der Waals surface area contributed by atoms with Crippen LogP contribution < -0.4 is 5.32 Å². The van der Waals surface area contributed by atoms with E-state index in [0.717, 1.165) is 23.5 Å². The standard InChI is InChI=1S/C14H16FN3/c1-3-16-14(11-4-6-12(15)7-5-11)13-9-17-10(2)8-18-13/h4-9,14,16H,3H2,1-2H3. The molecule has 2 rings (SSSR count). The normalized spacial score (nSPS) is 12.4. The van der Waals surface area contributed by atoms with Crippen molar-refractivity contribution in [3.63, 3.8) is 0 Å². The van der Waals surface area contributed by atoms with Crippen LogP contribution in [0.2, 0.25) is 0 Å². The van der Waals surface area contributed by atoms with E-state index in [1.165, 1.54) is 12.1 Å². The van der Waals surface area contributed by atoms with Crippen molar-refractivity contribution in [2.75, 3.05) is 6.54 Å². The number of benzene rings is 1. The third-order valence-electron chi connectivity index (χ3n) is 2.71. The quantitative estimate of drug-likeness (QED) is 0.899. The first-order valence-corrected chi connectivity index (χ1v) is 5.98. The lowest BCUT2D eigenvalue weighted by atomic mass is 10.0. The van der Waals surface area contributed by atoms with Gasteiger partial charge in [-0.05, 0) is 31.2 Å². The van der Waals surface area contributed by atoms with Crippen molar-refractivity contribution in [3.05, 3.63) is 59.4 Å². The van der Waals surface area contributed by atoms with E-state index in [9.17, 15) is 4.39 Å². The minimum absolute atomic E-state index is 0.0521. The van der Waals surface area contributed by atoms with Gasteiger partial charge in [0.1, 0.15) is 5.82 Å². The van der Waals surface area contributed by atoms with Gasteiger partial charge in [-0.1, -0.05) is 19.1 Å². The van der Waals surface area contributed by atoms with Crippen LogP contribution in [-0.4, -0.2) is 16.5 Å². The van der Waals surface area contributed by atoms with Crippen LogP contribution in [0.4, 0.5) is 4.39 Å². The average molecular weight is 245 g/mol. The Morgan fingerprint density at radius 2 is 1.89 bits per heavy atom. The molecule has 0 saturated heterocycles. The van der Waals surface area contributed by atoms with Gasteiger partial charge in [-0.2, -0.15) is 0 Å². The maximum atomic E-state index is 12.9. The molecule has 0 bridgehead atoms. The lowest BCUT2D eigenvalue weighted by Crippen LogP contribution is -2.23. The molecule has 1 aromatic carbocycles. The molecule has 1 unspecified atom stereocenters. The molecule has 94 valence electrons. The van der Waals surface area contributed by atoms with Crippen LogP contribution in [0.5, 0.6) is 0 Å². The second-order valence-corrected chi connectivity index (χ2v) is 4.12. The molecule has 18 heavy (non-hydrogen) atoms. The van der Waals surface area contributed by atoms with Gasteiger partial charge in [-0.3, -0.25) is 9.97 Å². The van der Waals surface area contributed by atoms with E-state index in [0.29, 0.717) is 0 Å². The zero-order valence-corrected chi connectivity index (χ0v) is 10.5. The number of halogens is 1. The molecule has 0 aliphatic carbocycles. The molecule has 0 amide bonds. The van der Waals surface area contributed by atoms with Gasteiger partial charge in [0, 0.05) is 6.20 Å². The first-order valence-electron chi connectivity index (χ1n) is 5.98. The first kappa shape index (κ1) is 12.6. The Morgan fingerprint density at radius 1 is 1.17 bits per heavy atom. The number of rotatable bonds is 4. The number of hydrogen-bond donors (Lipinski definition) is 1. The lowest BCUT2D eigenvalue weighted by molar-refractivity contribution is 0.603. The summed E-state index contributed by atoms with van der Waals surface area (Å²) in [5.41, 5.74) is 2.71. The molecule has 0 fully saturated rings. The molecule has 0 aliphatic rings. The molecule has 0 aliphatic heterocycles. The predicted octanol–water partition coefficient (Wildman–Crippen LogP) is 2.62. The van der Waals surface area contributed by atoms with E-state index in [1.807, 2.05) is 13.8 Å². The summed E-state index contributed by atoms with van der Waals surface area (Å²) < 4.78 is 12.9. The van der Waals surface area contributed by atoms with Crippen LogP contribution in [0, 0.1) is 12.7 Å². The van der Waals surface area contributed by atoms with Crippen LogP contribution in [0.15, 0.2) is 36.7 Å². The van der Waals surface area contributed by atoms with E-state index in [2.05, 4.69) is 15.3 Å². The van der Waals surface area contributed by atoms with E-state index in [-0.39, 0.29) is 11.9 Å². The number of aromatic nitrogens is 2. The van der Waals surface area contributed by atoms with Crippen molar-refractivity contribution in [1.82, 2.24) is 15.3 Å². The largest absolute Gasteiger partial charge is 0.305 e. The fourth-order valence-electron chi connectivity index (χ4n) is 1.80. The molecule has 1 atom stereocenters. The molecular formula is C14H16FN3. The van der Waals surface area contributed by atoms with Gasteiger partial charge < -0.3 is 5.32 Å². The maximum Gasteiger partial charge on any atom is 0.123 e. The molecule has 1 heterocycles. The van der Waals surface area contributed by atoms with Crippen molar-refractivity contribution < 1.29 is 4.39 Å². The van der Waals surface area contributed by atoms with Gasteiger partial charge >= 0.3 is 0 Å². The molecule has 2 aromatic rings. The van der Waals surface area contributed by atoms with Gasteiger partial charge in [-0.25, -0.2) is 4.39 Å². The Morgan fingerprint density at radius 3 is 2.44 bits per heavy atom. The highest BCUT2D eigenvalue weighted by Crippen LogP contribution is 2.20. The second-order valence-electron chi connectivity index (χ2n) is 4.12. The second kappa shape index (κ2) is 5.69. The van der Waals surface area contributed by atoms with E-state index in [1.54, 1.807) is 24.5 Å². The average Bonchev–Trinajstić information content (AvgIpc) is 2.39. The summed E-state index contributed by atoms with van der Waals surface area (Å²) in [4.78, 5) is 8.63.